The van der Waals surface area contributed by atoms with E-state index in [1.165, 1.54) is 0 Å². The molecule has 238 valence electrons. The van der Waals surface area contributed by atoms with Gasteiger partial charge in [-0.2, -0.15) is 5.10 Å². The smallest absolute Gasteiger partial charge is 0.410 e. The number of anilines is 1. The van der Waals surface area contributed by atoms with E-state index < -0.39 is 5.60 Å². The van der Waals surface area contributed by atoms with E-state index in [4.69, 9.17) is 27.9 Å². The highest BCUT2D eigenvalue weighted by Crippen LogP contribution is 2.29. The van der Waals surface area contributed by atoms with E-state index in [1.54, 1.807) is 17.1 Å². The fourth-order valence-electron chi connectivity index (χ4n) is 5.46. The van der Waals surface area contributed by atoms with Crippen LogP contribution in [0.2, 0.25) is 10.0 Å². The first-order chi connectivity index (χ1) is 20.4. The summed E-state index contributed by atoms with van der Waals surface area (Å²) in [6, 6.07) is 5.24. The Morgan fingerprint density at radius 3 is 2.35 bits per heavy atom. The van der Waals surface area contributed by atoms with E-state index in [0.29, 0.717) is 60.8 Å². The molecule has 3 aliphatic heterocycles. The van der Waals surface area contributed by atoms with Crippen molar-refractivity contribution in [2.75, 3.05) is 63.9 Å². The molecule has 3 aliphatic rings. The number of hydrogen-bond acceptors (Lipinski definition) is 7. The van der Waals surface area contributed by atoms with Crippen LogP contribution in [0.5, 0.6) is 0 Å². The number of carbonyl (C=O) groups is 3. The summed E-state index contributed by atoms with van der Waals surface area (Å²) in [5.74, 6) is 1.09. The van der Waals surface area contributed by atoms with Gasteiger partial charge in [0.25, 0.3) is 0 Å². The lowest BCUT2D eigenvalue weighted by Crippen LogP contribution is -2.53. The summed E-state index contributed by atoms with van der Waals surface area (Å²) in [4.78, 5) is 43.6. The van der Waals surface area contributed by atoms with Crippen LogP contribution in [0.4, 0.5) is 15.3 Å². The zero-order valence-corrected chi connectivity index (χ0v) is 27.2. The van der Waals surface area contributed by atoms with Crippen LogP contribution in [0.25, 0.3) is 0 Å². The molecule has 1 aromatic carbocycles. The van der Waals surface area contributed by atoms with Crippen LogP contribution in [-0.4, -0.2) is 103 Å². The van der Waals surface area contributed by atoms with E-state index in [-0.39, 0.29) is 23.9 Å². The van der Waals surface area contributed by atoms with Crippen molar-refractivity contribution in [1.82, 2.24) is 25.3 Å². The van der Waals surface area contributed by atoms with Crippen LogP contribution in [-0.2, 0) is 9.53 Å². The van der Waals surface area contributed by atoms with Crippen molar-refractivity contribution in [3.05, 3.63) is 28.2 Å². The third-order valence-electron chi connectivity index (χ3n) is 7.91. The minimum atomic E-state index is -0.475. The number of benzene rings is 1. The van der Waals surface area contributed by atoms with Crippen molar-refractivity contribution >= 4 is 52.8 Å². The second-order valence-electron chi connectivity index (χ2n) is 12.6. The number of amidine groups is 1. The molecule has 0 spiro atoms. The number of nitrogens with one attached hydrogen (secondary N) is 2. The molecule has 2 saturated heterocycles. The van der Waals surface area contributed by atoms with E-state index in [0.717, 1.165) is 51.3 Å². The lowest BCUT2D eigenvalue weighted by Gasteiger charge is -2.39. The standard InChI is InChI=1S/C30H45Cl2N7O4/c1-21-19-39(23-7-8-24(31)25(32)18-23)35-27(21)34-26(40)6-5-11-33-28(41)37-16-14-36(15-17-37)20-22-9-12-38(13-10-22)29(42)43-30(2,3)4/h7-8,18,21-22H,5-6,9-17,19-20H2,1-4H3,(H,33,41)(H,34,35,40). The molecule has 43 heavy (non-hydrogen) atoms. The lowest BCUT2D eigenvalue weighted by molar-refractivity contribution is -0.119. The number of piperidine rings is 1. The minimum Gasteiger partial charge on any atom is -0.444 e. The van der Waals surface area contributed by atoms with Gasteiger partial charge >= 0.3 is 12.1 Å². The molecule has 3 heterocycles. The molecule has 0 aliphatic carbocycles. The van der Waals surface area contributed by atoms with Crippen LogP contribution >= 0.6 is 23.2 Å². The molecule has 11 nitrogen and oxygen atoms in total. The Labute approximate surface area is 264 Å². The van der Waals surface area contributed by atoms with Crippen molar-refractivity contribution in [3.63, 3.8) is 0 Å². The van der Waals surface area contributed by atoms with Crippen LogP contribution in [0.3, 0.4) is 0 Å². The molecule has 0 aromatic heterocycles. The molecule has 0 bridgehead atoms. The Balaban J connectivity index is 1.08. The molecular weight excluding hydrogens is 593 g/mol. The summed E-state index contributed by atoms with van der Waals surface area (Å²) in [6.45, 7) is 14.2. The van der Waals surface area contributed by atoms with E-state index in [9.17, 15) is 14.4 Å². The van der Waals surface area contributed by atoms with Crippen molar-refractivity contribution in [1.29, 1.82) is 0 Å². The maximum Gasteiger partial charge on any atom is 0.410 e. The first-order valence-corrected chi connectivity index (χ1v) is 16.0. The number of urea groups is 1. The number of ether oxygens (including phenoxy) is 1. The van der Waals surface area contributed by atoms with Crippen LogP contribution in [0, 0.1) is 11.8 Å². The Morgan fingerprint density at radius 1 is 1.00 bits per heavy atom. The number of rotatable bonds is 7. The lowest BCUT2D eigenvalue weighted by atomic mass is 9.96. The molecule has 1 aromatic rings. The number of piperazine rings is 1. The zero-order chi connectivity index (χ0) is 31.1. The van der Waals surface area contributed by atoms with Gasteiger partial charge in [0.2, 0.25) is 5.91 Å². The zero-order valence-electron chi connectivity index (χ0n) is 25.7. The van der Waals surface area contributed by atoms with Crippen molar-refractivity contribution in [2.24, 2.45) is 16.9 Å². The third kappa shape index (κ3) is 9.87. The van der Waals surface area contributed by atoms with Gasteiger partial charge in [0.15, 0.2) is 0 Å². The van der Waals surface area contributed by atoms with Gasteiger partial charge in [-0.15, -0.1) is 0 Å². The first kappa shape index (κ1) is 33.1. The number of hydrogen-bond donors (Lipinski definition) is 2. The SMILES string of the molecule is CC1CN(c2ccc(Cl)c(Cl)c2)N=C1NC(=O)CCCNC(=O)N1CCN(CC2CCN(C(=O)OC(C)(C)C)CC2)CC1. The Morgan fingerprint density at radius 2 is 1.70 bits per heavy atom. The fourth-order valence-corrected chi connectivity index (χ4v) is 5.75. The monoisotopic (exact) mass is 637 g/mol. The highest BCUT2D eigenvalue weighted by Gasteiger charge is 2.29. The highest BCUT2D eigenvalue weighted by atomic mass is 35.5. The Kier molecular flexibility index (Phi) is 11.4. The summed E-state index contributed by atoms with van der Waals surface area (Å²) in [6.07, 6.45) is 2.54. The van der Waals surface area contributed by atoms with Crippen LogP contribution in [0.15, 0.2) is 23.3 Å². The summed E-state index contributed by atoms with van der Waals surface area (Å²) in [5, 5.41) is 13.2. The van der Waals surface area contributed by atoms with Gasteiger partial charge in [0, 0.05) is 64.7 Å². The van der Waals surface area contributed by atoms with E-state index in [2.05, 4.69) is 20.6 Å². The largest absolute Gasteiger partial charge is 0.444 e. The predicted molar refractivity (Wildman–Crippen MR) is 170 cm³/mol. The molecule has 2 fully saturated rings. The second-order valence-corrected chi connectivity index (χ2v) is 13.5. The molecule has 1 atom stereocenters. The van der Waals surface area contributed by atoms with E-state index in [1.807, 2.05) is 43.6 Å². The minimum absolute atomic E-state index is 0.0572. The maximum absolute atomic E-state index is 12.7. The number of hydrazone groups is 1. The van der Waals surface area contributed by atoms with Gasteiger partial charge in [-0.25, -0.2) is 9.59 Å². The van der Waals surface area contributed by atoms with Crippen molar-refractivity contribution < 1.29 is 19.1 Å². The number of nitrogens with zero attached hydrogens (tertiary/aromatic N) is 5. The molecule has 0 saturated carbocycles. The molecule has 2 N–H and O–H groups in total. The molecule has 4 amide bonds. The summed E-state index contributed by atoms with van der Waals surface area (Å²) in [5.41, 5.74) is 0.339. The quantitative estimate of drug-likeness (QED) is 0.422. The molecule has 0 radical (unpaired) electrons. The Bertz CT molecular complexity index is 1180. The number of carbonyl (C=O) groups excluding carboxylic acids is 3. The maximum atomic E-state index is 12.7. The van der Waals surface area contributed by atoms with Gasteiger partial charge < -0.3 is 25.2 Å². The van der Waals surface area contributed by atoms with Gasteiger partial charge in [0.1, 0.15) is 11.4 Å². The second kappa shape index (κ2) is 14.8. The average Bonchev–Trinajstić information content (AvgIpc) is 3.32. The third-order valence-corrected chi connectivity index (χ3v) is 8.65. The fraction of sp³-hybridized carbons (Fsp3) is 0.667. The van der Waals surface area contributed by atoms with Gasteiger partial charge in [-0.1, -0.05) is 30.1 Å². The van der Waals surface area contributed by atoms with Gasteiger partial charge in [-0.05, 0) is 64.2 Å². The summed E-state index contributed by atoms with van der Waals surface area (Å²) < 4.78 is 5.50. The topological polar surface area (TPSA) is 110 Å². The number of likely N-dealkylation sites (tertiary alicyclic amines) is 1. The number of halogens is 2. The Hall–Kier alpha value is -2.76. The van der Waals surface area contributed by atoms with Gasteiger partial charge in [0.05, 0.1) is 22.3 Å². The van der Waals surface area contributed by atoms with Crippen molar-refractivity contribution in [2.45, 2.75) is 59.0 Å². The molecule has 13 heteroatoms. The van der Waals surface area contributed by atoms with Crippen molar-refractivity contribution in [3.8, 4) is 0 Å². The average molecular weight is 639 g/mol. The predicted octanol–water partition coefficient (Wildman–Crippen LogP) is 4.63. The summed E-state index contributed by atoms with van der Waals surface area (Å²) in [7, 11) is 0. The summed E-state index contributed by atoms with van der Waals surface area (Å²) >= 11 is 12.1. The molecule has 4 rings (SSSR count). The molecular formula is C30H45Cl2N7O4. The molecule has 1 unspecified atom stereocenters. The first-order valence-electron chi connectivity index (χ1n) is 15.2. The highest BCUT2D eigenvalue weighted by molar-refractivity contribution is 6.42. The van der Waals surface area contributed by atoms with Gasteiger partial charge in [-0.3, -0.25) is 14.7 Å². The number of amides is 4. The van der Waals surface area contributed by atoms with Crippen LogP contribution < -0.4 is 15.6 Å². The normalized spacial score (nSPS) is 20.2. The van der Waals surface area contributed by atoms with Crippen LogP contribution in [0.1, 0.15) is 53.4 Å². The van der Waals surface area contributed by atoms with E-state index >= 15 is 0 Å².